The van der Waals surface area contributed by atoms with Crippen molar-refractivity contribution in [2.24, 2.45) is 0 Å². The molecule has 0 bridgehead atoms. The standard InChI is InChI=1S/C18H19ClN2O4/c1-12(17(22)13-4-6-14(19)7-5-13)25-16-10-8-15(9-11-16)20-18(23)21(2)24-3/h4-12H,1-3H3,(H,20,23). The van der Waals surface area contributed by atoms with Gasteiger partial charge in [-0.15, -0.1) is 0 Å². The van der Waals surface area contributed by atoms with E-state index < -0.39 is 12.1 Å². The first-order valence-electron chi connectivity index (χ1n) is 7.56. The summed E-state index contributed by atoms with van der Waals surface area (Å²) in [7, 11) is 2.90. The number of nitrogens with zero attached hydrogens (tertiary/aromatic N) is 1. The molecule has 1 N–H and O–H groups in total. The van der Waals surface area contributed by atoms with E-state index in [1.54, 1.807) is 55.5 Å². The first kappa shape index (κ1) is 18.8. The molecule has 0 fully saturated rings. The minimum Gasteiger partial charge on any atom is -0.483 e. The molecule has 2 rings (SSSR count). The number of hydrogen-bond acceptors (Lipinski definition) is 4. The zero-order valence-electron chi connectivity index (χ0n) is 14.2. The van der Waals surface area contributed by atoms with E-state index >= 15 is 0 Å². The smallest absolute Gasteiger partial charge is 0.345 e. The van der Waals surface area contributed by atoms with Crippen LogP contribution in [0.25, 0.3) is 0 Å². The number of nitrogens with one attached hydrogen (secondary N) is 1. The third kappa shape index (κ3) is 5.20. The highest BCUT2D eigenvalue weighted by atomic mass is 35.5. The molecule has 0 heterocycles. The van der Waals surface area contributed by atoms with Gasteiger partial charge in [-0.1, -0.05) is 11.6 Å². The van der Waals surface area contributed by atoms with Gasteiger partial charge < -0.3 is 10.1 Å². The highest BCUT2D eigenvalue weighted by Crippen LogP contribution is 2.19. The Bertz CT molecular complexity index is 732. The number of hydrogen-bond donors (Lipinski definition) is 1. The summed E-state index contributed by atoms with van der Waals surface area (Å²) in [5.74, 6) is 0.378. The Kier molecular flexibility index (Phi) is 6.38. The topological polar surface area (TPSA) is 67.9 Å². The average Bonchev–Trinajstić information content (AvgIpc) is 2.62. The molecule has 0 spiro atoms. The summed E-state index contributed by atoms with van der Waals surface area (Å²) in [4.78, 5) is 28.8. The number of ketones is 1. The van der Waals surface area contributed by atoms with Crippen molar-refractivity contribution in [3.8, 4) is 5.75 Å². The number of halogens is 1. The number of carbonyl (C=O) groups excluding carboxylic acids is 2. The van der Waals surface area contributed by atoms with Gasteiger partial charge in [0, 0.05) is 23.3 Å². The molecule has 0 aliphatic carbocycles. The molecule has 1 atom stereocenters. The van der Waals surface area contributed by atoms with Crippen molar-refractivity contribution in [1.29, 1.82) is 0 Å². The van der Waals surface area contributed by atoms with Gasteiger partial charge in [0.2, 0.25) is 5.78 Å². The van der Waals surface area contributed by atoms with Crippen LogP contribution in [0.3, 0.4) is 0 Å². The molecule has 7 heteroatoms. The summed E-state index contributed by atoms with van der Waals surface area (Å²) in [6, 6.07) is 13.0. The number of anilines is 1. The van der Waals surface area contributed by atoms with E-state index in [-0.39, 0.29) is 5.78 Å². The van der Waals surface area contributed by atoms with Gasteiger partial charge in [0.1, 0.15) is 5.75 Å². The lowest BCUT2D eigenvalue weighted by molar-refractivity contribution is -0.0598. The van der Waals surface area contributed by atoms with E-state index in [2.05, 4.69) is 5.32 Å². The summed E-state index contributed by atoms with van der Waals surface area (Å²) >= 11 is 5.82. The van der Waals surface area contributed by atoms with Gasteiger partial charge >= 0.3 is 6.03 Å². The van der Waals surface area contributed by atoms with Crippen molar-refractivity contribution >= 4 is 29.1 Å². The molecule has 2 amide bonds. The lowest BCUT2D eigenvalue weighted by atomic mass is 10.1. The van der Waals surface area contributed by atoms with Crippen molar-refractivity contribution in [2.75, 3.05) is 19.5 Å². The Hall–Kier alpha value is -2.57. The van der Waals surface area contributed by atoms with Gasteiger partial charge in [0.15, 0.2) is 6.10 Å². The number of carbonyl (C=O) groups is 2. The number of hydroxylamine groups is 2. The number of ether oxygens (including phenoxy) is 1. The van der Waals surface area contributed by atoms with Crippen molar-refractivity contribution < 1.29 is 19.2 Å². The maximum Gasteiger partial charge on any atom is 0.345 e. The van der Waals surface area contributed by atoms with E-state index in [4.69, 9.17) is 21.2 Å². The molecule has 132 valence electrons. The van der Waals surface area contributed by atoms with Crippen LogP contribution in [-0.2, 0) is 4.84 Å². The molecule has 0 saturated carbocycles. The van der Waals surface area contributed by atoms with Crippen molar-refractivity contribution in [3.63, 3.8) is 0 Å². The van der Waals surface area contributed by atoms with Crippen LogP contribution < -0.4 is 10.1 Å². The molecule has 25 heavy (non-hydrogen) atoms. The second kappa shape index (κ2) is 8.50. The summed E-state index contributed by atoms with van der Waals surface area (Å²) in [6.45, 7) is 1.68. The molecule has 0 aliphatic heterocycles. The molecule has 6 nitrogen and oxygen atoms in total. The Labute approximate surface area is 151 Å². The molecule has 0 aromatic heterocycles. The maximum absolute atomic E-state index is 12.3. The van der Waals surface area contributed by atoms with Crippen LogP contribution in [-0.4, -0.2) is 37.1 Å². The SMILES string of the molecule is CON(C)C(=O)Nc1ccc(OC(C)C(=O)c2ccc(Cl)cc2)cc1. The monoisotopic (exact) mass is 362 g/mol. The van der Waals surface area contributed by atoms with E-state index in [1.165, 1.54) is 14.2 Å². The fraction of sp³-hybridized carbons (Fsp3) is 0.222. The van der Waals surface area contributed by atoms with Crippen molar-refractivity contribution in [3.05, 3.63) is 59.1 Å². The van der Waals surface area contributed by atoms with Gasteiger partial charge in [-0.3, -0.25) is 9.63 Å². The second-order valence-corrected chi connectivity index (χ2v) is 5.70. The predicted octanol–water partition coefficient (Wildman–Crippen LogP) is 4.02. The zero-order chi connectivity index (χ0) is 18.4. The van der Waals surface area contributed by atoms with Crippen LogP contribution in [0.2, 0.25) is 5.02 Å². The highest BCUT2D eigenvalue weighted by molar-refractivity contribution is 6.30. The van der Waals surface area contributed by atoms with Crippen LogP contribution in [0.5, 0.6) is 5.75 Å². The number of urea groups is 1. The predicted molar refractivity (Wildman–Crippen MR) is 96.1 cm³/mol. The fourth-order valence-corrected chi connectivity index (χ4v) is 2.13. The Morgan fingerprint density at radius 3 is 2.24 bits per heavy atom. The molecule has 0 radical (unpaired) electrons. The number of benzene rings is 2. The molecular weight excluding hydrogens is 344 g/mol. The van der Waals surface area contributed by atoms with Gasteiger partial charge in [-0.2, -0.15) is 0 Å². The number of amides is 2. The molecule has 1 unspecified atom stereocenters. The van der Waals surface area contributed by atoms with Gasteiger partial charge in [-0.25, -0.2) is 9.86 Å². The largest absolute Gasteiger partial charge is 0.483 e. The van der Waals surface area contributed by atoms with E-state index in [1.807, 2.05) is 0 Å². The number of rotatable bonds is 6. The Balaban J connectivity index is 1.97. The first-order chi connectivity index (χ1) is 11.9. The minimum absolute atomic E-state index is 0.143. The Morgan fingerprint density at radius 1 is 1.08 bits per heavy atom. The Morgan fingerprint density at radius 2 is 1.68 bits per heavy atom. The van der Waals surface area contributed by atoms with E-state index in [0.29, 0.717) is 22.0 Å². The molecule has 2 aromatic rings. The normalized spacial score (nSPS) is 11.5. The number of Topliss-reactive ketones (excluding diaryl/α,β-unsaturated/α-hetero) is 1. The van der Waals surface area contributed by atoms with Crippen LogP contribution in [0.4, 0.5) is 10.5 Å². The third-order valence-electron chi connectivity index (χ3n) is 3.48. The quantitative estimate of drug-likeness (QED) is 0.622. The van der Waals surface area contributed by atoms with Crippen molar-refractivity contribution in [2.45, 2.75) is 13.0 Å². The maximum atomic E-state index is 12.3. The molecular formula is C18H19ClN2O4. The van der Waals surface area contributed by atoms with Gasteiger partial charge in [0.05, 0.1) is 7.11 Å². The van der Waals surface area contributed by atoms with Gasteiger partial charge in [-0.05, 0) is 55.5 Å². The second-order valence-electron chi connectivity index (χ2n) is 5.27. The van der Waals surface area contributed by atoms with E-state index in [0.717, 1.165) is 5.06 Å². The summed E-state index contributed by atoms with van der Waals surface area (Å²) in [5.41, 5.74) is 1.11. The van der Waals surface area contributed by atoms with Gasteiger partial charge in [0.25, 0.3) is 0 Å². The lowest BCUT2D eigenvalue weighted by Crippen LogP contribution is -2.30. The van der Waals surface area contributed by atoms with Crippen molar-refractivity contribution in [1.82, 2.24) is 5.06 Å². The summed E-state index contributed by atoms with van der Waals surface area (Å²) < 4.78 is 5.66. The summed E-state index contributed by atoms with van der Waals surface area (Å²) in [6.07, 6.45) is -0.652. The average molecular weight is 363 g/mol. The van der Waals surface area contributed by atoms with E-state index in [9.17, 15) is 9.59 Å². The molecule has 0 aliphatic rings. The third-order valence-corrected chi connectivity index (χ3v) is 3.73. The lowest BCUT2D eigenvalue weighted by Gasteiger charge is -2.16. The van der Waals surface area contributed by atoms with Crippen LogP contribution >= 0.6 is 11.6 Å². The molecule has 2 aromatic carbocycles. The first-order valence-corrected chi connectivity index (χ1v) is 7.94. The van der Waals surface area contributed by atoms with Crippen LogP contribution in [0.15, 0.2) is 48.5 Å². The fourth-order valence-electron chi connectivity index (χ4n) is 2.01. The minimum atomic E-state index is -0.652. The van der Waals surface area contributed by atoms with Crippen LogP contribution in [0.1, 0.15) is 17.3 Å². The van der Waals surface area contributed by atoms with Crippen LogP contribution in [0, 0.1) is 0 Å². The molecule has 0 saturated heterocycles. The highest BCUT2D eigenvalue weighted by Gasteiger charge is 2.17. The zero-order valence-corrected chi connectivity index (χ0v) is 14.9. The summed E-state index contributed by atoms with van der Waals surface area (Å²) in [5, 5.41) is 4.29.